The van der Waals surface area contributed by atoms with Crippen LogP contribution in [-0.2, 0) is 11.2 Å². The van der Waals surface area contributed by atoms with E-state index in [1.807, 2.05) is 47.3 Å². The summed E-state index contributed by atoms with van der Waals surface area (Å²) in [6.45, 7) is 0. The van der Waals surface area contributed by atoms with Crippen LogP contribution in [0, 0.1) is 23.2 Å². The predicted octanol–water partition coefficient (Wildman–Crippen LogP) is 4.36. The highest BCUT2D eigenvalue weighted by Gasteiger charge is 2.63. The molecular weight excluding hydrogens is 410 g/mol. The van der Waals surface area contributed by atoms with Gasteiger partial charge in [-0.05, 0) is 80.6 Å². The van der Waals surface area contributed by atoms with E-state index in [4.69, 9.17) is 10.8 Å². The smallest absolute Gasteiger partial charge is 0.224 e. The Hall–Kier alpha value is -2.92. The van der Waals surface area contributed by atoms with E-state index >= 15 is 0 Å². The third-order valence-corrected chi connectivity index (χ3v) is 8.62. The maximum absolute atomic E-state index is 12.2. The van der Waals surface area contributed by atoms with E-state index in [1.165, 1.54) is 24.0 Å². The number of benzene rings is 1. The second-order valence-corrected chi connectivity index (χ2v) is 10.3. The van der Waals surface area contributed by atoms with Crippen LogP contribution < -0.4 is 5.73 Å². The van der Waals surface area contributed by atoms with Crippen molar-refractivity contribution in [2.75, 3.05) is 0 Å². The third kappa shape index (κ3) is 3.17. The molecule has 6 rings (SSSR count). The molecule has 0 aliphatic heterocycles. The van der Waals surface area contributed by atoms with Crippen molar-refractivity contribution in [3.63, 3.8) is 0 Å². The van der Waals surface area contributed by atoms with Crippen LogP contribution in [-0.4, -0.2) is 26.4 Å². The van der Waals surface area contributed by atoms with Crippen LogP contribution >= 0.6 is 0 Å². The van der Waals surface area contributed by atoms with Gasteiger partial charge in [-0.1, -0.05) is 48.1 Å². The van der Waals surface area contributed by atoms with Crippen molar-refractivity contribution in [1.82, 2.24) is 9.78 Å². The number of aromatic nitrogens is 2. The molecule has 1 aromatic heterocycles. The Morgan fingerprint density at radius 1 is 1.18 bits per heavy atom. The molecule has 0 bridgehead atoms. The molecule has 4 atom stereocenters. The van der Waals surface area contributed by atoms with Crippen molar-refractivity contribution in [3.8, 4) is 5.69 Å². The normalized spacial score (nSPS) is 32.3. The Labute approximate surface area is 194 Å². The molecule has 0 saturated heterocycles. The fraction of sp³-hybridized carbons (Fsp3) is 0.429. The van der Waals surface area contributed by atoms with Crippen LogP contribution in [0.5, 0.6) is 0 Å². The Morgan fingerprint density at radius 2 is 1.97 bits per heavy atom. The van der Waals surface area contributed by atoms with Gasteiger partial charge in [-0.25, -0.2) is 4.68 Å². The minimum atomic E-state index is -0.760. The van der Waals surface area contributed by atoms with Crippen molar-refractivity contribution in [3.05, 3.63) is 77.7 Å². The van der Waals surface area contributed by atoms with E-state index in [0.29, 0.717) is 12.3 Å². The number of hydrogen-bond donors (Lipinski definition) is 2. The summed E-state index contributed by atoms with van der Waals surface area (Å²) in [5, 5.41) is 17.0. The number of rotatable bonds is 6. The Balaban J connectivity index is 1.32. The molecule has 1 aromatic carbocycles. The zero-order valence-corrected chi connectivity index (χ0v) is 18.9. The Morgan fingerprint density at radius 3 is 2.73 bits per heavy atom. The maximum atomic E-state index is 12.2. The van der Waals surface area contributed by atoms with Gasteiger partial charge in [0.05, 0.1) is 29.1 Å². The molecule has 170 valence electrons. The molecule has 1 amide bonds. The molecule has 2 fully saturated rings. The first-order valence-electron chi connectivity index (χ1n) is 12.2. The summed E-state index contributed by atoms with van der Waals surface area (Å²) < 4.78 is 2.03. The Bertz CT molecular complexity index is 1170. The zero-order chi connectivity index (χ0) is 22.6. The topological polar surface area (TPSA) is 81.1 Å². The van der Waals surface area contributed by atoms with Gasteiger partial charge in [0.25, 0.3) is 0 Å². The van der Waals surface area contributed by atoms with Crippen LogP contribution in [0.2, 0.25) is 0 Å². The lowest BCUT2D eigenvalue weighted by Crippen LogP contribution is -2.49. The summed E-state index contributed by atoms with van der Waals surface area (Å²) in [5.74, 6) is 0.0140. The largest absolute Gasteiger partial charge is 0.389 e. The fourth-order valence-electron chi connectivity index (χ4n) is 6.84. The molecule has 2 saturated carbocycles. The number of fused-ring (bicyclic) bond motifs is 2. The highest BCUT2D eigenvalue weighted by Crippen LogP contribution is 2.66. The lowest BCUT2D eigenvalue weighted by molar-refractivity contribution is -0.121. The number of carbonyl (C=O) groups is 1. The van der Waals surface area contributed by atoms with Crippen molar-refractivity contribution in [2.45, 2.75) is 50.5 Å². The first kappa shape index (κ1) is 20.7. The highest BCUT2D eigenvalue weighted by molar-refractivity contribution is 5.79. The van der Waals surface area contributed by atoms with Gasteiger partial charge in [0, 0.05) is 5.41 Å². The van der Waals surface area contributed by atoms with E-state index in [0.717, 1.165) is 37.1 Å². The summed E-state index contributed by atoms with van der Waals surface area (Å²) in [6.07, 6.45) is 18.6. The molecule has 4 aliphatic carbocycles. The van der Waals surface area contributed by atoms with Crippen LogP contribution in [0.15, 0.2) is 66.4 Å². The molecule has 4 unspecified atom stereocenters. The Kier molecular flexibility index (Phi) is 4.73. The molecular formula is C28H31N3O2. The summed E-state index contributed by atoms with van der Waals surface area (Å²) in [4.78, 5) is 12.0. The van der Waals surface area contributed by atoms with Crippen molar-refractivity contribution >= 4 is 12.0 Å². The van der Waals surface area contributed by atoms with Gasteiger partial charge in [-0.3, -0.25) is 4.79 Å². The molecule has 1 heterocycles. The first-order chi connectivity index (χ1) is 16.0. The van der Waals surface area contributed by atoms with Crippen molar-refractivity contribution < 1.29 is 9.90 Å². The highest BCUT2D eigenvalue weighted by atomic mass is 16.3. The van der Waals surface area contributed by atoms with Gasteiger partial charge >= 0.3 is 0 Å². The quantitative estimate of drug-likeness (QED) is 0.699. The number of hydrogen-bond acceptors (Lipinski definition) is 3. The van der Waals surface area contributed by atoms with Crippen molar-refractivity contribution in [1.29, 1.82) is 0 Å². The lowest BCUT2D eigenvalue weighted by Gasteiger charge is -2.46. The van der Waals surface area contributed by atoms with E-state index in [1.54, 1.807) is 0 Å². The zero-order valence-electron chi connectivity index (χ0n) is 18.9. The van der Waals surface area contributed by atoms with E-state index in [-0.39, 0.29) is 23.2 Å². The number of nitrogens with two attached hydrogens (primary N) is 1. The van der Waals surface area contributed by atoms with Crippen molar-refractivity contribution in [2.24, 2.45) is 28.9 Å². The fourth-order valence-corrected chi connectivity index (χ4v) is 6.84. The average Bonchev–Trinajstić information content (AvgIpc) is 3.55. The van der Waals surface area contributed by atoms with Gasteiger partial charge in [0.1, 0.15) is 0 Å². The monoisotopic (exact) mass is 441 g/mol. The molecule has 2 aromatic rings. The second kappa shape index (κ2) is 7.56. The van der Waals surface area contributed by atoms with Crippen LogP contribution in [0.1, 0.15) is 49.8 Å². The summed E-state index contributed by atoms with van der Waals surface area (Å²) in [6, 6.07) is 10.3. The number of para-hydroxylation sites is 1. The van der Waals surface area contributed by atoms with Gasteiger partial charge in [-0.2, -0.15) is 5.10 Å². The van der Waals surface area contributed by atoms with Gasteiger partial charge in [0.2, 0.25) is 5.91 Å². The molecule has 0 radical (unpaired) electrons. The number of carbonyl (C=O) groups excluding carboxylic acids is 1. The molecule has 5 heteroatoms. The molecule has 0 spiro atoms. The maximum Gasteiger partial charge on any atom is 0.224 e. The number of aliphatic hydroxyl groups is 1. The molecule has 4 aliphatic rings. The van der Waals surface area contributed by atoms with Gasteiger partial charge in [0.15, 0.2) is 0 Å². The predicted molar refractivity (Wildman–Crippen MR) is 128 cm³/mol. The van der Waals surface area contributed by atoms with Crippen LogP contribution in [0.3, 0.4) is 0 Å². The number of primary amides is 1. The number of amides is 1. The van der Waals surface area contributed by atoms with Crippen LogP contribution in [0.25, 0.3) is 11.8 Å². The number of nitrogens with zero attached hydrogens (tertiary/aromatic N) is 2. The molecule has 5 nitrogen and oxygen atoms in total. The SMILES string of the molecule is NC(=O)C1C=CC=CC1CCC1(O)CCC2=Cc3c(cnn3-c3ccccc3)CC21C1CC1. The lowest BCUT2D eigenvalue weighted by atomic mass is 9.61. The second-order valence-electron chi connectivity index (χ2n) is 10.3. The standard InChI is InChI=1S/C28H31N3O2/c29-26(32)24-9-5-4-6-19(24)12-14-27(33)15-13-22-16-25-20(17-28(22,27)21-10-11-21)18-30-31(25)23-7-2-1-3-8-23/h1-9,16,18-19,21,24,33H,10-15,17H2,(H2,29,32). The minimum Gasteiger partial charge on any atom is -0.389 e. The molecule has 3 N–H and O–H groups in total. The van der Waals surface area contributed by atoms with E-state index < -0.39 is 5.60 Å². The summed E-state index contributed by atoms with van der Waals surface area (Å²) in [5.41, 5.74) is 9.54. The molecule has 33 heavy (non-hydrogen) atoms. The summed E-state index contributed by atoms with van der Waals surface area (Å²) >= 11 is 0. The first-order valence-corrected chi connectivity index (χ1v) is 12.2. The number of allylic oxidation sites excluding steroid dienone is 3. The third-order valence-electron chi connectivity index (χ3n) is 8.62. The van der Waals surface area contributed by atoms with E-state index in [9.17, 15) is 9.90 Å². The van der Waals surface area contributed by atoms with Crippen LogP contribution in [0.4, 0.5) is 0 Å². The summed E-state index contributed by atoms with van der Waals surface area (Å²) in [7, 11) is 0. The van der Waals surface area contributed by atoms with E-state index in [2.05, 4.69) is 24.3 Å². The van der Waals surface area contributed by atoms with Gasteiger partial charge < -0.3 is 10.8 Å². The van der Waals surface area contributed by atoms with Gasteiger partial charge in [-0.15, -0.1) is 0 Å². The minimum absolute atomic E-state index is 0.0563. The average molecular weight is 442 g/mol.